The van der Waals surface area contributed by atoms with Crippen LogP contribution in [0.2, 0.25) is 0 Å². The van der Waals surface area contributed by atoms with E-state index in [4.69, 9.17) is 4.74 Å². The summed E-state index contributed by atoms with van der Waals surface area (Å²) in [6.07, 6.45) is 5.82. The fourth-order valence-corrected chi connectivity index (χ4v) is 5.55. The summed E-state index contributed by atoms with van der Waals surface area (Å²) in [6.45, 7) is 3.23. The quantitative estimate of drug-likeness (QED) is 0.731. The Balaban J connectivity index is 1.28. The lowest BCUT2D eigenvalue weighted by Crippen LogP contribution is -2.67. The Bertz CT molecular complexity index is 854. The number of carbonyl (C=O) groups excluding carboxylic acids is 2. The number of hydrazone groups is 1. The minimum atomic E-state index is -0.237. The zero-order valence-electron chi connectivity index (χ0n) is 18.6. The monoisotopic (exact) mass is 439 g/mol. The van der Waals surface area contributed by atoms with E-state index in [1.807, 2.05) is 28.0 Å². The van der Waals surface area contributed by atoms with Gasteiger partial charge >= 0.3 is 0 Å². The van der Waals surface area contributed by atoms with Gasteiger partial charge in [-0.25, -0.2) is 0 Å². The van der Waals surface area contributed by atoms with Crippen LogP contribution in [0.1, 0.15) is 44.1 Å². The molecular formula is C24H33N5O3. The molecule has 3 fully saturated rings. The third-order valence-corrected chi connectivity index (χ3v) is 7.26. The Morgan fingerprint density at radius 2 is 1.88 bits per heavy atom. The molecule has 172 valence electrons. The van der Waals surface area contributed by atoms with Crippen LogP contribution in [0.3, 0.4) is 0 Å². The van der Waals surface area contributed by atoms with Gasteiger partial charge in [-0.2, -0.15) is 5.10 Å². The summed E-state index contributed by atoms with van der Waals surface area (Å²) in [4.78, 5) is 32.3. The maximum atomic E-state index is 13.4. The van der Waals surface area contributed by atoms with E-state index in [1.165, 1.54) is 5.56 Å². The van der Waals surface area contributed by atoms with Crippen LogP contribution in [-0.2, 0) is 20.7 Å². The first-order valence-corrected chi connectivity index (χ1v) is 12.0. The van der Waals surface area contributed by atoms with E-state index in [-0.39, 0.29) is 30.1 Å². The maximum Gasteiger partial charge on any atom is 0.230 e. The van der Waals surface area contributed by atoms with Crippen molar-refractivity contribution in [3.63, 3.8) is 0 Å². The van der Waals surface area contributed by atoms with E-state index < -0.39 is 0 Å². The molecule has 1 saturated carbocycles. The summed E-state index contributed by atoms with van der Waals surface area (Å²) in [5.41, 5.74) is 4.47. The number of hydrogen-bond acceptors (Lipinski definition) is 6. The lowest BCUT2D eigenvalue weighted by molar-refractivity contribution is -0.155. The SMILES string of the molecule is O=C(CCC1=NNC2N(CCc3ccccc3)C(=O)C3CCCCC3N12)N1CCOCC1. The second kappa shape index (κ2) is 9.48. The average molecular weight is 440 g/mol. The number of rotatable bonds is 6. The lowest BCUT2D eigenvalue weighted by atomic mass is 9.80. The van der Waals surface area contributed by atoms with Gasteiger partial charge in [0, 0.05) is 38.5 Å². The normalized spacial score (nSPS) is 27.5. The number of amidine groups is 1. The summed E-state index contributed by atoms with van der Waals surface area (Å²) in [5, 5.41) is 4.63. The molecule has 0 radical (unpaired) electrons. The van der Waals surface area contributed by atoms with Crippen LogP contribution >= 0.6 is 0 Å². The molecule has 3 aliphatic heterocycles. The Hall–Kier alpha value is -2.61. The van der Waals surface area contributed by atoms with Gasteiger partial charge in [-0.15, -0.1) is 0 Å². The van der Waals surface area contributed by atoms with E-state index in [2.05, 4.69) is 27.6 Å². The fourth-order valence-electron chi connectivity index (χ4n) is 5.55. The minimum absolute atomic E-state index is 0.0239. The second-order valence-electron chi connectivity index (χ2n) is 9.16. The average Bonchev–Trinajstić information content (AvgIpc) is 3.27. The van der Waals surface area contributed by atoms with Crippen molar-refractivity contribution in [2.75, 3.05) is 32.8 Å². The predicted molar refractivity (Wildman–Crippen MR) is 120 cm³/mol. The molecule has 0 aromatic heterocycles. The molecule has 1 aromatic rings. The van der Waals surface area contributed by atoms with E-state index in [0.717, 1.165) is 37.9 Å². The van der Waals surface area contributed by atoms with E-state index in [1.54, 1.807) is 0 Å². The lowest BCUT2D eigenvalue weighted by Gasteiger charge is -2.50. The van der Waals surface area contributed by atoms with Crippen molar-refractivity contribution in [2.24, 2.45) is 11.0 Å². The molecule has 8 nitrogen and oxygen atoms in total. The molecule has 3 unspecified atom stereocenters. The van der Waals surface area contributed by atoms with Crippen molar-refractivity contribution in [3.8, 4) is 0 Å². The topological polar surface area (TPSA) is 77.5 Å². The fraction of sp³-hybridized carbons (Fsp3) is 0.625. The highest BCUT2D eigenvalue weighted by Gasteiger charge is 2.50. The third-order valence-electron chi connectivity index (χ3n) is 7.26. The standard InChI is InChI=1S/C24H33N5O3/c30-22(27-14-16-32-17-15-27)11-10-21-25-26-24-28(13-12-18-6-2-1-3-7-18)23(31)19-8-4-5-9-20(19)29(21)24/h1-3,6-7,19-20,24,26H,4-5,8-17H2. The first-order chi connectivity index (χ1) is 15.7. The largest absolute Gasteiger partial charge is 0.378 e. The molecule has 32 heavy (non-hydrogen) atoms. The molecule has 8 heteroatoms. The van der Waals surface area contributed by atoms with Gasteiger partial charge in [0.15, 0.2) is 6.29 Å². The van der Waals surface area contributed by atoms with Gasteiger partial charge in [0.25, 0.3) is 0 Å². The summed E-state index contributed by atoms with van der Waals surface area (Å²) in [6, 6.07) is 10.5. The molecule has 2 saturated heterocycles. The van der Waals surface area contributed by atoms with Crippen molar-refractivity contribution in [2.45, 2.75) is 57.3 Å². The van der Waals surface area contributed by atoms with Gasteiger partial charge in [0.2, 0.25) is 11.8 Å². The zero-order chi connectivity index (χ0) is 21.9. The third kappa shape index (κ3) is 4.20. The molecule has 3 atom stereocenters. The number of fused-ring (bicyclic) bond motifs is 3. The first-order valence-electron chi connectivity index (χ1n) is 12.0. The summed E-state index contributed by atoms with van der Waals surface area (Å²) in [7, 11) is 0. The summed E-state index contributed by atoms with van der Waals surface area (Å²) < 4.78 is 5.36. The maximum absolute atomic E-state index is 13.4. The van der Waals surface area contributed by atoms with E-state index >= 15 is 0 Å². The van der Waals surface area contributed by atoms with Crippen molar-refractivity contribution < 1.29 is 14.3 Å². The molecule has 1 aromatic carbocycles. The molecule has 0 bridgehead atoms. The molecule has 5 rings (SSSR count). The number of morpholine rings is 1. The van der Waals surface area contributed by atoms with Crippen molar-refractivity contribution in [1.82, 2.24) is 20.1 Å². The van der Waals surface area contributed by atoms with Crippen LogP contribution in [0.4, 0.5) is 0 Å². The smallest absolute Gasteiger partial charge is 0.230 e. The highest BCUT2D eigenvalue weighted by molar-refractivity contribution is 5.91. The first kappa shape index (κ1) is 21.2. The molecule has 1 aliphatic carbocycles. The highest BCUT2D eigenvalue weighted by atomic mass is 16.5. The Morgan fingerprint density at radius 3 is 2.69 bits per heavy atom. The Kier molecular flexibility index (Phi) is 6.30. The van der Waals surface area contributed by atoms with Gasteiger partial charge in [-0.05, 0) is 24.8 Å². The van der Waals surface area contributed by atoms with Gasteiger partial charge in [-0.1, -0.05) is 43.2 Å². The van der Waals surface area contributed by atoms with Crippen LogP contribution < -0.4 is 5.43 Å². The van der Waals surface area contributed by atoms with Crippen LogP contribution in [0.25, 0.3) is 0 Å². The van der Waals surface area contributed by atoms with Crippen molar-refractivity contribution in [3.05, 3.63) is 35.9 Å². The van der Waals surface area contributed by atoms with Gasteiger partial charge in [0.1, 0.15) is 5.84 Å². The molecule has 1 N–H and O–H groups in total. The number of benzene rings is 1. The van der Waals surface area contributed by atoms with Crippen molar-refractivity contribution in [1.29, 1.82) is 0 Å². The Labute approximate surface area is 189 Å². The minimum Gasteiger partial charge on any atom is -0.378 e. The molecule has 3 heterocycles. The predicted octanol–water partition coefficient (Wildman–Crippen LogP) is 1.77. The molecular weight excluding hydrogens is 406 g/mol. The van der Waals surface area contributed by atoms with E-state index in [9.17, 15) is 9.59 Å². The summed E-state index contributed by atoms with van der Waals surface area (Å²) in [5.74, 6) is 1.36. The van der Waals surface area contributed by atoms with Gasteiger partial charge in [-0.3, -0.25) is 15.0 Å². The number of ether oxygens (including phenoxy) is 1. The van der Waals surface area contributed by atoms with E-state index in [0.29, 0.717) is 45.7 Å². The number of carbonyl (C=O) groups is 2. The second-order valence-corrected chi connectivity index (χ2v) is 9.16. The Morgan fingerprint density at radius 1 is 1.09 bits per heavy atom. The van der Waals surface area contributed by atoms with Crippen LogP contribution in [-0.4, -0.2) is 77.5 Å². The molecule has 4 aliphatic rings. The zero-order valence-corrected chi connectivity index (χ0v) is 18.6. The highest BCUT2D eigenvalue weighted by Crippen LogP contribution is 2.37. The van der Waals surface area contributed by atoms with Crippen molar-refractivity contribution >= 4 is 17.6 Å². The van der Waals surface area contributed by atoms with Gasteiger partial charge in [0.05, 0.1) is 19.1 Å². The van der Waals surface area contributed by atoms with Crippen LogP contribution in [0.15, 0.2) is 35.4 Å². The summed E-state index contributed by atoms with van der Waals surface area (Å²) >= 11 is 0. The molecule has 2 amide bonds. The number of hydrogen-bond donors (Lipinski definition) is 1. The number of nitrogens with one attached hydrogen (secondary N) is 1. The van der Waals surface area contributed by atoms with Gasteiger partial charge < -0.3 is 19.4 Å². The van der Waals surface area contributed by atoms with Crippen LogP contribution in [0.5, 0.6) is 0 Å². The molecule has 0 spiro atoms. The number of nitrogens with zero attached hydrogens (tertiary/aromatic N) is 4. The number of amides is 2. The van der Waals surface area contributed by atoms with Crippen LogP contribution in [0, 0.1) is 5.92 Å².